The molecule has 8 heteroatoms. The minimum Gasteiger partial charge on any atom is -0.452 e. The van der Waals surface area contributed by atoms with Crippen molar-refractivity contribution < 1.29 is 19.1 Å². The Morgan fingerprint density at radius 2 is 1.86 bits per heavy atom. The minimum absolute atomic E-state index is 0.0619. The Labute approximate surface area is 131 Å². The molecule has 2 amide bonds. The summed E-state index contributed by atoms with van der Waals surface area (Å²) in [6.45, 7) is 1.54. The summed E-state index contributed by atoms with van der Waals surface area (Å²) < 4.78 is 4.79. The molecule has 0 saturated heterocycles. The molecule has 114 valence electrons. The molecule has 0 spiro atoms. The van der Waals surface area contributed by atoms with Crippen molar-refractivity contribution in [1.29, 1.82) is 0 Å². The van der Waals surface area contributed by atoms with Gasteiger partial charge in [-0.1, -0.05) is 29.3 Å². The summed E-state index contributed by atoms with van der Waals surface area (Å²) in [6.07, 6.45) is 0. The van der Waals surface area contributed by atoms with Gasteiger partial charge in [0.15, 0.2) is 6.61 Å². The minimum atomic E-state index is -0.768. The van der Waals surface area contributed by atoms with Crippen molar-refractivity contribution >= 4 is 41.0 Å². The number of likely N-dealkylation sites (N-methyl/N-ethyl adjacent to an activating group) is 1. The van der Waals surface area contributed by atoms with Gasteiger partial charge in [-0.05, 0) is 19.1 Å². The first-order valence-corrected chi connectivity index (χ1v) is 6.85. The lowest BCUT2D eigenvalue weighted by atomic mass is 10.2. The molecular weight excluding hydrogens is 319 g/mol. The van der Waals surface area contributed by atoms with E-state index in [9.17, 15) is 14.4 Å². The summed E-state index contributed by atoms with van der Waals surface area (Å²) in [7, 11) is 0. The van der Waals surface area contributed by atoms with Crippen LogP contribution in [0.15, 0.2) is 18.2 Å². The highest BCUT2D eigenvalue weighted by molar-refractivity contribution is 6.43. The number of hydrogen-bond donors (Lipinski definition) is 2. The number of amides is 2. The number of carbonyl (C=O) groups excluding carboxylic acids is 3. The normalized spacial score (nSPS) is 9.86. The van der Waals surface area contributed by atoms with Crippen molar-refractivity contribution in [3.05, 3.63) is 33.8 Å². The number of ether oxygens (including phenoxy) is 1. The van der Waals surface area contributed by atoms with Crippen LogP contribution in [0.2, 0.25) is 10.0 Å². The Balaban J connectivity index is 2.44. The Morgan fingerprint density at radius 1 is 1.14 bits per heavy atom. The molecule has 0 aliphatic rings. The van der Waals surface area contributed by atoms with Crippen molar-refractivity contribution in [2.75, 3.05) is 19.7 Å². The smallest absolute Gasteiger partial charge is 0.340 e. The molecule has 1 rings (SSSR count). The van der Waals surface area contributed by atoms with Crippen LogP contribution >= 0.6 is 23.2 Å². The predicted octanol–water partition coefficient (Wildman–Crippen LogP) is 1.40. The molecule has 0 unspecified atom stereocenters. The van der Waals surface area contributed by atoms with E-state index < -0.39 is 18.5 Å². The first-order chi connectivity index (χ1) is 9.95. The van der Waals surface area contributed by atoms with E-state index >= 15 is 0 Å². The highest BCUT2D eigenvalue weighted by Gasteiger charge is 2.15. The Hall–Kier alpha value is -1.79. The highest BCUT2D eigenvalue weighted by atomic mass is 35.5. The fourth-order valence-electron chi connectivity index (χ4n) is 1.36. The molecule has 0 heterocycles. The van der Waals surface area contributed by atoms with Crippen molar-refractivity contribution in [1.82, 2.24) is 10.6 Å². The number of hydrogen-bond acceptors (Lipinski definition) is 4. The number of halogens is 2. The molecule has 0 fully saturated rings. The first kappa shape index (κ1) is 17.3. The lowest BCUT2D eigenvalue weighted by Crippen LogP contribution is -2.38. The number of carbonyl (C=O) groups is 3. The van der Waals surface area contributed by atoms with Gasteiger partial charge in [-0.3, -0.25) is 9.59 Å². The summed E-state index contributed by atoms with van der Waals surface area (Å²) in [5, 5.41) is 5.10. The van der Waals surface area contributed by atoms with Crippen LogP contribution in [-0.2, 0) is 14.3 Å². The molecule has 6 nitrogen and oxygen atoms in total. The van der Waals surface area contributed by atoms with Gasteiger partial charge in [0, 0.05) is 6.54 Å². The maximum absolute atomic E-state index is 11.7. The molecule has 0 aliphatic carbocycles. The molecule has 1 aromatic rings. The second-order valence-electron chi connectivity index (χ2n) is 3.91. The Bertz CT molecular complexity index is 549. The molecule has 0 bridgehead atoms. The highest BCUT2D eigenvalue weighted by Crippen LogP contribution is 2.25. The summed E-state index contributed by atoms with van der Waals surface area (Å²) >= 11 is 11.6. The summed E-state index contributed by atoms with van der Waals surface area (Å²) in [5.41, 5.74) is 0.0701. The summed E-state index contributed by atoms with van der Waals surface area (Å²) in [4.78, 5) is 34.3. The van der Waals surface area contributed by atoms with Crippen LogP contribution in [0.4, 0.5) is 0 Å². The lowest BCUT2D eigenvalue weighted by Gasteiger charge is -2.08. The van der Waals surface area contributed by atoms with Gasteiger partial charge in [0.25, 0.3) is 5.91 Å². The molecule has 0 atom stereocenters. The van der Waals surface area contributed by atoms with Crippen molar-refractivity contribution in [3.8, 4) is 0 Å². The van der Waals surface area contributed by atoms with Gasteiger partial charge < -0.3 is 15.4 Å². The number of benzene rings is 1. The monoisotopic (exact) mass is 332 g/mol. The van der Waals surface area contributed by atoms with Crippen LogP contribution in [0.3, 0.4) is 0 Å². The number of esters is 1. The van der Waals surface area contributed by atoms with E-state index in [1.165, 1.54) is 12.1 Å². The van der Waals surface area contributed by atoms with Gasteiger partial charge in [0.2, 0.25) is 5.91 Å². The fraction of sp³-hybridized carbons (Fsp3) is 0.308. The average Bonchev–Trinajstić information content (AvgIpc) is 2.45. The second kappa shape index (κ2) is 8.49. The fourth-order valence-corrected chi connectivity index (χ4v) is 1.74. The first-order valence-electron chi connectivity index (χ1n) is 6.10. The quantitative estimate of drug-likeness (QED) is 0.771. The summed E-state index contributed by atoms with van der Waals surface area (Å²) in [6, 6.07) is 4.50. The van der Waals surface area contributed by atoms with Gasteiger partial charge in [0.1, 0.15) is 0 Å². The lowest BCUT2D eigenvalue weighted by molar-refractivity contribution is -0.127. The topological polar surface area (TPSA) is 84.5 Å². The number of nitrogens with one attached hydrogen (secondary N) is 2. The van der Waals surface area contributed by atoms with Gasteiger partial charge in [-0.2, -0.15) is 0 Å². The van der Waals surface area contributed by atoms with Crippen LogP contribution in [0, 0.1) is 0 Å². The molecule has 2 N–H and O–H groups in total. The third-order valence-electron chi connectivity index (χ3n) is 2.33. The zero-order valence-electron chi connectivity index (χ0n) is 11.2. The van der Waals surface area contributed by atoms with Crippen LogP contribution in [0.5, 0.6) is 0 Å². The van der Waals surface area contributed by atoms with Crippen LogP contribution in [0.1, 0.15) is 17.3 Å². The summed E-state index contributed by atoms with van der Waals surface area (Å²) in [5.74, 6) is -1.68. The van der Waals surface area contributed by atoms with Crippen molar-refractivity contribution in [2.45, 2.75) is 6.92 Å². The molecular formula is C13H14Cl2N2O4. The van der Waals surface area contributed by atoms with E-state index in [0.717, 1.165) is 0 Å². The van der Waals surface area contributed by atoms with Gasteiger partial charge in [-0.25, -0.2) is 4.79 Å². The maximum Gasteiger partial charge on any atom is 0.340 e. The van der Waals surface area contributed by atoms with E-state index in [1.807, 2.05) is 0 Å². The van der Waals surface area contributed by atoms with Crippen LogP contribution < -0.4 is 10.6 Å². The second-order valence-corrected chi connectivity index (χ2v) is 4.69. The standard InChI is InChI=1S/C13H14Cl2N2O4/c1-2-16-10(18)6-17-11(19)7-21-13(20)8-4-3-5-9(14)12(8)15/h3-5H,2,6-7H2,1H3,(H,16,18)(H,17,19). The maximum atomic E-state index is 11.7. The largest absolute Gasteiger partial charge is 0.452 e. The zero-order chi connectivity index (χ0) is 15.8. The van der Waals surface area contributed by atoms with E-state index in [-0.39, 0.29) is 28.1 Å². The Morgan fingerprint density at radius 3 is 2.52 bits per heavy atom. The number of rotatable bonds is 6. The predicted molar refractivity (Wildman–Crippen MR) is 78.4 cm³/mol. The van der Waals surface area contributed by atoms with E-state index in [2.05, 4.69) is 10.6 Å². The third kappa shape index (κ3) is 5.61. The third-order valence-corrected chi connectivity index (χ3v) is 3.14. The SMILES string of the molecule is CCNC(=O)CNC(=O)COC(=O)c1cccc(Cl)c1Cl. The average molecular weight is 333 g/mol. The van der Waals surface area contributed by atoms with Gasteiger partial charge >= 0.3 is 5.97 Å². The molecule has 0 aromatic heterocycles. The van der Waals surface area contributed by atoms with E-state index in [1.54, 1.807) is 13.0 Å². The zero-order valence-corrected chi connectivity index (χ0v) is 12.8. The molecule has 1 aromatic carbocycles. The van der Waals surface area contributed by atoms with E-state index in [4.69, 9.17) is 27.9 Å². The van der Waals surface area contributed by atoms with Crippen LogP contribution in [-0.4, -0.2) is 37.5 Å². The Kier molecular flexibility index (Phi) is 6.98. The molecule has 21 heavy (non-hydrogen) atoms. The van der Waals surface area contributed by atoms with Crippen LogP contribution in [0.25, 0.3) is 0 Å². The molecule has 0 radical (unpaired) electrons. The van der Waals surface area contributed by atoms with Crippen molar-refractivity contribution in [3.63, 3.8) is 0 Å². The van der Waals surface area contributed by atoms with Gasteiger partial charge in [-0.15, -0.1) is 0 Å². The van der Waals surface area contributed by atoms with E-state index in [0.29, 0.717) is 6.54 Å². The van der Waals surface area contributed by atoms with Crippen molar-refractivity contribution in [2.24, 2.45) is 0 Å². The molecule has 0 saturated carbocycles. The molecule has 0 aliphatic heterocycles. The van der Waals surface area contributed by atoms with Gasteiger partial charge in [0.05, 0.1) is 22.2 Å².